The molecule has 0 aromatic heterocycles. The minimum atomic E-state index is 0.584. The number of ether oxygens (including phenoxy) is 1. The summed E-state index contributed by atoms with van der Waals surface area (Å²) in [5.41, 5.74) is 0. The molecule has 0 aliphatic heterocycles. The summed E-state index contributed by atoms with van der Waals surface area (Å²) in [5.74, 6) is 3.35. The highest BCUT2D eigenvalue weighted by Crippen LogP contribution is 2.07. The van der Waals surface area contributed by atoms with E-state index in [1.165, 1.54) is 0 Å². The van der Waals surface area contributed by atoms with Crippen molar-refractivity contribution in [1.29, 1.82) is 0 Å². The maximum atomic E-state index is 5.28. The molecule has 0 unspecified atom stereocenters. The van der Waals surface area contributed by atoms with Gasteiger partial charge < -0.3 is 4.74 Å². The predicted octanol–water partition coefficient (Wildman–Crippen LogP) is 1.89. The Bertz CT molecular complexity index is 233. The fourth-order valence-electron chi connectivity index (χ4n) is 0.696. The molecule has 0 heterocycles. The lowest BCUT2D eigenvalue weighted by atomic mass is 10.3. The molecule has 1 radical (unpaired) electrons. The average Bonchev–Trinajstić information content (AvgIpc) is 2.07. The molecule has 0 spiro atoms. The van der Waals surface area contributed by atoms with Crippen LogP contribution in [-0.2, 0) is 0 Å². The van der Waals surface area contributed by atoms with Crippen molar-refractivity contribution in [2.45, 2.75) is 6.42 Å². The van der Waals surface area contributed by atoms with Gasteiger partial charge in [-0.05, 0) is 18.2 Å². The van der Waals surface area contributed by atoms with Crippen LogP contribution in [0, 0.1) is 18.4 Å². The minimum absolute atomic E-state index is 0.584. The van der Waals surface area contributed by atoms with E-state index in [-0.39, 0.29) is 0 Å². The Morgan fingerprint density at radius 1 is 1.45 bits per heavy atom. The van der Waals surface area contributed by atoms with Gasteiger partial charge in [-0.3, -0.25) is 0 Å². The van der Waals surface area contributed by atoms with Crippen LogP contribution in [0.4, 0.5) is 0 Å². The molecule has 0 fully saturated rings. The fourth-order valence-corrected chi connectivity index (χ4v) is 0.696. The minimum Gasteiger partial charge on any atom is -0.493 e. The van der Waals surface area contributed by atoms with Crippen molar-refractivity contribution >= 4 is 0 Å². The summed E-state index contributed by atoms with van der Waals surface area (Å²) in [6.07, 6.45) is 5.71. The molecule has 0 bridgehead atoms. The van der Waals surface area contributed by atoms with Crippen LogP contribution < -0.4 is 4.74 Å². The number of hydrogen-bond acceptors (Lipinski definition) is 1. The van der Waals surface area contributed by atoms with Crippen LogP contribution in [0.2, 0.25) is 0 Å². The van der Waals surface area contributed by atoms with E-state index in [4.69, 9.17) is 11.2 Å². The molecule has 0 saturated carbocycles. The van der Waals surface area contributed by atoms with Crippen molar-refractivity contribution in [1.82, 2.24) is 0 Å². The second kappa shape index (κ2) is 4.40. The largest absolute Gasteiger partial charge is 0.493 e. The molecule has 1 aromatic carbocycles. The second-order valence-electron chi connectivity index (χ2n) is 2.04. The Morgan fingerprint density at radius 2 is 2.18 bits per heavy atom. The lowest BCUT2D eigenvalue weighted by molar-refractivity contribution is 0.327. The van der Waals surface area contributed by atoms with Gasteiger partial charge >= 0.3 is 0 Å². The summed E-state index contributed by atoms with van der Waals surface area (Å²) in [5, 5.41) is 0. The third kappa shape index (κ3) is 2.77. The van der Waals surface area contributed by atoms with Crippen LogP contribution in [0.15, 0.2) is 24.3 Å². The molecule has 1 aromatic rings. The van der Waals surface area contributed by atoms with E-state index in [9.17, 15) is 0 Å². The fraction of sp³-hybridized carbons (Fsp3) is 0.200. The van der Waals surface area contributed by atoms with E-state index in [0.717, 1.165) is 5.75 Å². The number of terminal acetylenes is 1. The van der Waals surface area contributed by atoms with Gasteiger partial charge in [0.2, 0.25) is 0 Å². The van der Waals surface area contributed by atoms with Gasteiger partial charge in [-0.25, -0.2) is 0 Å². The van der Waals surface area contributed by atoms with E-state index in [1.54, 1.807) is 0 Å². The molecule has 0 N–H and O–H groups in total. The summed E-state index contributed by atoms with van der Waals surface area (Å²) in [6, 6.07) is 10.2. The van der Waals surface area contributed by atoms with E-state index < -0.39 is 0 Å². The molecular weight excluding hydrogens is 136 g/mol. The van der Waals surface area contributed by atoms with Gasteiger partial charge in [0.15, 0.2) is 0 Å². The van der Waals surface area contributed by atoms with Crippen LogP contribution in [0.5, 0.6) is 5.75 Å². The normalized spacial score (nSPS) is 8.64. The topological polar surface area (TPSA) is 9.23 Å². The molecule has 55 valence electrons. The van der Waals surface area contributed by atoms with Crippen molar-refractivity contribution in [2.75, 3.05) is 6.61 Å². The zero-order valence-electron chi connectivity index (χ0n) is 6.21. The zero-order valence-corrected chi connectivity index (χ0v) is 6.21. The Hall–Kier alpha value is -1.42. The third-order valence-electron chi connectivity index (χ3n) is 1.20. The second-order valence-corrected chi connectivity index (χ2v) is 2.04. The van der Waals surface area contributed by atoms with Gasteiger partial charge in [0.05, 0.1) is 6.61 Å². The van der Waals surface area contributed by atoms with Crippen LogP contribution >= 0.6 is 0 Å². The molecule has 0 aliphatic rings. The highest BCUT2D eigenvalue weighted by atomic mass is 16.5. The molecule has 0 atom stereocenters. The quantitative estimate of drug-likeness (QED) is 0.466. The van der Waals surface area contributed by atoms with E-state index in [1.807, 2.05) is 24.3 Å². The molecule has 1 heteroatoms. The first-order valence-corrected chi connectivity index (χ1v) is 3.46. The summed E-state index contributed by atoms with van der Waals surface area (Å²) >= 11 is 0. The van der Waals surface area contributed by atoms with Gasteiger partial charge in [0.25, 0.3) is 0 Å². The Kier molecular flexibility index (Phi) is 3.08. The maximum Gasteiger partial charge on any atom is 0.119 e. The van der Waals surface area contributed by atoms with Crippen molar-refractivity contribution in [2.24, 2.45) is 0 Å². The summed E-state index contributed by atoms with van der Waals surface area (Å²) in [4.78, 5) is 0. The van der Waals surface area contributed by atoms with Crippen LogP contribution in [-0.4, -0.2) is 6.61 Å². The molecule has 11 heavy (non-hydrogen) atoms. The highest BCUT2D eigenvalue weighted by molar-refractivity contribution is 5.20. The zero-order chi connectivity index (χ0) is 7.94. The third-order valence-corrected chi connectivity index (χ3v) is 1.20. The predicted molar refractivity (Wildman–Crippen MR) is 44.2 cm³/mol. The summed E-state index contributed by atoms with van der Waals surface area (Å²) < 4.78 is 5.28. The first kappa shape index (κ1) is 7.68. The van der Waals surface area contributed by atoms with Crippen LogP contribution in [0.3, 0.4) is 0 Å². The van der Waals surface area contributed by atoms with Crippen molar-refractivity contribution < 1.29 is 4.74 Å². The van der Waals surface area contributed by atoms with Crippen molar-refractivity contribution in [3.63, 3.8) is 0 Å². The molecule has 0 saturated heterocycles. The van der Waals surface area contributed by atoms with Gasteiger partial charge in [-0.2, -0.15) is 0 Å². The van der Waals surface area contributed by atoms with E-state index >= 15 is 0 Å². The number of hydrogen-bond donors (Lipinski definition) is 0. The maximum absolute atomic E-state index is 5.28. The monoisotopic (exact) mass is 145 g/mol. The van der Waals surface area contributed by atoms with Crippen LogP contribution in [0.1, 0.15) is 6.42 Å². The van der Waals surface area contributed by atoms with E-state index in [2.05, 4.69) is 12.0 Å². The van der Waals surface area contributed by atoms with Crippen molar-refractivity contribution in [3.8, 4) is 18.1 Å². The van der Waals surface area contributed by atoms with Crippen LogP contribution in [0.25, 0.3) is 0 Å². The smallest absolute Gasteiger partial charge is 0.119 e. The first-order chi connectivity index (χ1) is 5.43. The van der Waals surface area contributed by atoms with Crippen molar-refractivity contribution in [3.05, 3.63) is 30.3 Å². The SMILES string of the molecule is C#CCCOc1cc[c]cc1. The molecule has 0 aliphatic carbocycles. The lowest BCUT2D eigenvalue weighted by Crippen LogP contribution is -1.94. The van der Waals surface area contributed by atoms with Gasteiger partial charge in [0, 0.05) is 6.42 Å². The Morgan fingerprint density at radius 3 is 2.82 bits per heavy atom. The standard InChI is InChI=1S/C10H9O/c1-2-3-9-11-10-7-5-4-6-8-10/h1,5-8H,3,9H2. The Balaban J connectivity index is 2.35. The first-order valence-electron chi connectivity index (χ1n) is 3.46. The van der Waals surface area contributed by atoms with E-state index in [0.29, 0.717) is 13.0 Å². The molecule has 1 rings (SSSR count). The summed E-state index contributed by atoms with van der Waals surface area (Å²) in [6.45, 7) is 0.584. The molecule has 0 amide bonds. The highest BCUT2D eigenvalue weighted by Gasteiger charge is 1.87. The summed E-state index contributed by atoms with van der Waals surface area (Å²) in [7, 11) is 0. The van der Waals surface area contributed by atoms with Gasteiger partial charge in [-0.1, -0.05) is 12.1 Å². The van der Waals surface area contributed by atoms with Gasteiger partial charge in [-0.15, -0.1) is 12.3 Å². The number of benzene rings is 1. The average molecular weight is 145 g/mol. The van der Waals surface area contributed by atoms with Gasteiger partial charge in [0.1, 0.15) is 5.75 Å². The molecule has 1 nitrogen and oxygen atoms in total. The molecular formula is C10H9O. The lowest BCUT2D eigenvalue weighted by Gasteiger charge is -2.01. The number of rotatable bonds is 3. The Labute approximate surface area is 67.0 Å².